The molecule has 0 saturated carbocycles. The summed E-state index contributed by atoms with van der Waals surface area (Å²) in [5.74, 6) is 0.287. The molecule has 3 rings (SSSR count). The number of nitrogens with one attached hydrogen (secondary N) is 1. The molecule has 0 saturated heterocycles. The summed E-state index contributed by atoms with van der Waals surface area (Å²) < 4.78 is 16.5. The van der Waals surface area contributed by atoms with Crippen LogP contribution in [0.1, 0.15) is 34.0 Å². The molecule has 0 radical (unpaired) electrons. The fourth-order valence-electron chi connectivity index (χ4n) is 2.95. The largest absolute Gasteiger partial charge is 0.493 e. The number of aryl methyl sites for hydroxylation is 2. The van der Waals surface area contributed by atoms with Crippen molar-refractivity contribution >= 4 is 29.7 Å². The van der Waals surface area contributed by atoms with Crippen LogP contribution < -0.4 is 19.6 Å². The van der Waals surface area contributed by atoms with Crippen LogP contribution in [0.25, 0.3) is 0 Å². The minimum absolute atomic E-state index is 0.273. The molecule has 1 unspecified atom stereocenters. The van der Waals surface area contributed by atoms with Crippen LogP contribution in [-0.2, 0) is 4.79 Å². The maximum Gasteiger partial charge on any atom is 0.343 e. The number of amides is 1. The van der Waals surface area contributed by atoms with Crippen molar-refractivity contribution in [2.75, 3.05) is 7.11 Å². The van der Waals surface area contributed by atoms with Crippen molar-refractivity contribution in [3.05, 3.63) is 87.9 Å². The monoisotopic (exact) mass is 480 g/mol. The molecule has 7 nitrogen and oxygen atoms in total. The van der Waals surface area contributed by atoms with Crippen molar-refractivity contribution in [2.45, 2.75) is 26.9 Å². The van der Waals surface area contributed by atoms with Crippen molar-refractivity contribution < 1.29 is 23.8 Å². The Balaban J connectivity index is 1.60. The first kappa shape index (κ1) is 24.8. The molecule has 1 amide bonds. The highest BCUT2D eigenvalue weighted by Crippen LogP contribution is 2.28. The molecule has 0 spiro atoms. The Morgan fingerprint density at radius 2 is 1.68 bits per heavy atom. The van der Waals surface area contributed by atoms with E-state index in [1.165, 1.54) is 13.3 Å². The predicted molar refractivity (Wildman–Crippen MR) is 131 cm³/mol. The lowest BCUT2D eigenvalue weighted by atomic mass is 10.1. The highest BCUT2D eigenvalue weighted by Gasteiger charge is 2.16. The van der Waals surface area contributed by atoms with Gasteiger partial charge in [0.15, 0.2) is 17.6 Å². The van der Waals surface area contributed by atoms with Crippen LogP contribution in [0.5, 0.6) is 17.2 Å². The number of hydrogen-bond donors (Lipinski definition) is 1. The molecular formula is C26H25ClN2O5. The molecule has 1 atom stereocenters. The van der Waals surface area contributed by atoms with Gasteiger partial charge < -0.3 is 14.2 Å². The van der Waals surface area contributed by atoms with Gasteiger partial charge in [0.25, 0.3) is 5.91 Å². The van der Waals surface area contributed by atoms with Crippen molar-refractivity contribution in [2.24, 2.45) is 5.10 Å². The third kappa shape index (κ3) is 6.59. The first-order valence-electron chi connectivity index (χ1n) is 10.5. The SMILES string of the molecule is COc1cc(/C=N/NC(=O)C(C)Oc2ccc(Cl)cc2C)ccc1OC(=O)c1ccc(C)cc1. The molecule has 0 aromatic heterocycles. The average molecular weight is 481 g/mol. The fraction of sp³-hybridized carbons (Fsp3) is 0.192. The third-order valence-corrected chi connectivity index (χ3v) is 5.11. The van der Waals surface area contributed by atoms with Crippen LogP contribution in [0.15, 0.2) is 65.8 Å². The summed E-state index contributed by atoms with van der Waals surface area (Å²) in [6.07, 6.45) is 0.682. The smallest absolute Gasteiger partial charge is 0.343 e. The topological polar surface area (TPSA) is 86.2 Å². The summed E-state index contributed by atoms with van der Waals surface area (Å²) in [4.78, 5) is 24.7. The Morgan fingerprint density at radius 1 is 0.971 bits per heavy atom. The van der Waals surface area contributed by atoms with Crippen molar-refractivity contribution in [1.82, 2.24) is 5.43 Å². The number of nitrogens with zero attached hydrogens (tertiary/aromatic N) is 1. The van der Waals surface area contributed by atoms with E-state index in [0.717, 1.165) is 11.1 Å². The van der Waals surface area contributed by atoms with Crippen molar-refractivity contribution in [3.63, 3.8) is 0 Å². The van der Waals surface area contributed by atoms with E-state index in [1.807, 2.05) is 26.0 Å². The number of esters is 1. The van der Waals surface area contributed by atoms with Crippen LogP contribution in [0, 0.1) is 13.8 Å². The van der Waals surface area contributed by atoms with E-state index in [9.17, 15) is 9.59 Å². The number of hydrazone groups is 1. The summed E-state index contributed by atoms with van der Waals surface area (Å²) in [5.41, 5.74) is 5.39. The summed E-state index contributed by atoms with van der Waals surface area (Å²) in [5, 5.41) is 4.57. The van der Waals surface area contributed by atoms with Gasteiger partial charge in [0.05, 0.1) is 18.9 Å². The van der Waals surface area contributed by atoms with Gasteiger partial charge in [-0.25, -0.2) is 10.2 Å². The zero-order chi connectivity index (χ0) is 24.7. The maximum absolute atomic E-state index is 12.4. The van der Waals surface area contributed by atoms with E-state index in [-0.39, 0.29) is 5.75 Å². The van der Waals surface area contributed by atoms with Crippen LogP contribution in [0.3, 0.4) is 0 Å². The van der Waals surface area contributed by atoms with Crippen molar-refractivity contribution in [3.8, 4) is 17.2 Å². The van der Waals surface area contributed by atoms with E-state index in [2.05, 4.69) is 10.5 Å². The van der Waals surface area contributed by atoms with Gasteiger partial charge in [-0.1, -0.05) is 29.3 Å². The number of carbonyl (C=O) groups excluding carboxylic acids is 2. The molecule has 0 fully saturated rings. The minimum Gasteiger partial charge on any atom is -0.493 e. The normalized spacial score (nSPS) is 11.7. The highest BCUT2D eigenvalue weighted by molar-refractivity contribution is 6.30. The van der Waals surface area contributed by atoms with E-state index in [1.54, 1.807) is 55.5 Å². The summed E-state index contributed by atoms with van der Waals surface area (Å²) >= 11 is 5.94. The minimum atomic E-state index is -0.768. The Morgan fingerprint density at radius 3 is 2.35 bits per heavy atom. The Kier molecular flexibility index (Phi) is 8.27. The maximum atomic E-state index is 12.4. The number of benzene rings is 3. The molecule has 8 heteroatoms. The summed E-state index contributed by atoms with van der Waals surface area (Å²) in [7, 11) is 1.47. The van der Waals surface area contributed by atoms with Gasteiger partial charge >= 0.3 is 5.97 Å². The summed E-state index contributed by atoms with van der Waals surface area (Å²) in [6, 6.07) is 17.2. The Bertz CT molecular complexity index is 1210. The van der Waals surface area contributed by atoms with Crippen LogP contribution in [0.4, 0.5) is 0 Å². The summed E-state index contributed by atoms with van der Waals surface area (Å²) in [6.45, 7) is 5.41. The predicted octanol–water partition coefficient (Wildman–Crippen LogP) is 5.10. The van der Waals surface area contributed by atoms with Crippen LogP contribution in [0.2, 0.25) is 5.02 Å². The molecule has 0 aliphatic rings. The first-order valence-corrected chi connectivity index (χ1v) is 10.9. The third-order valence-electron chi connectivity index (χ3n) is 4.88. The number of carbonyl (C=O) groups is 2. The molecule has 34 heavy (non-hydrogen) atoms. The van der Waals surface area contributed by atoms with Crippen LogP contribution >= 0.6 is 11.6 Å². The van der Waals surface area contributed by atoms with E-state index >= 15 is 0 Å². The number of rotatable bonds is 8. The van der Waals surface area contributed by atoms with E-state index in [0.29, 0.717) is 27.6 Å². The number of hydrogen-bond acceptors (Lipinski definition) is 6. The van der Waals surface area contributed by atoms with Crippen molar-refractivity contribution in [1.29, 1.82) is 0 Å². The Labute approximate surface area is 203 Å². The Hall–Kier alpha value is -3.84. The second-order valence-electron chi connectivity index (χ2n) is 7.57. The number of halogens is 1. The van der Waals surface area contributed by atoms with E-state index in [4.69, 9.17) is 25.8 Å². The van der Waals surface area contributed by atoms with E-state index < -0.39 is 18.0 Å². The number of methoxy groups -OCH3 is 1. The average Bonchev–Trinajstić information content (AvgIpc) is 2.81. The number of ether oxygens (including phenoxy) is 3. The van der Waals surface area contributed by atoms with Gasteiger partial charge in [-0.2, -0.15) is 5.10 Å². The lowest BCUT2D eigenvalue weighted by Crippen LogP contribution is -2.33. The molecule has 176 valence electrons. The van der Waals surface area contributed by atoms with Gasteiger partial charge in [-0.15, -0.1) is 0 Å². The molecule has 3 aromatic rings. The molecule has 0 aliphatic carbocycles. The standard InChI is InChI=1S/C26H25ClN2O5/c1-16-5-8-20(9-6-16)26(31)34-23-11-7-19(14-24(23)32-4)15-28-29-25(30)18(3)33-22-12-10-21(27)13-17(22)2/h5-15,18H,1-4H3,(H,29,30)/b28-15+. The lowest BCUT2D eigenvalue weighted by Gasteiger charge is -2.15. The molecule has 0 heterocycles. The second kappa shape index (κ2) is 11.3. The highest BCUT2D eigenvalue weighted by atomic mass is 35.5. The second-order valence-corrected chi connectivity index (χ2v) is 8.01. The zero-order valence-electron chi connectivity index (χ0n) is 19.3. The van der Waals surface area contributed by atoms with Gasteiger partial charge in [-0.05, 0) is 80.4 Å². The van der Waals surface area contributed by atoms with Gasteiger partial charge in [0, 0.05) is 5.02 Å². The molecule has 1 N–H and O–H groups in total. The quantitative estimate of drug-likeness (QED) is 0.210. The molecule has 0 aliphatic heterocycles. The molecule has 0 bridgehead atoms. The first-order chi connectivity index (χ1) is 16.3. The van der Waals surface area contributed by atoms with Gasteiger partial charge in [0.2, 0.25) is 0 Å². The van der Waals surface area contributed by atoms with Crippen LogP contribution in [-0.4, -0.2) is 31.3 Å². The molecular weight excluding hydrogens is 456 g/mol. The van der Waals surface area contributed by atoms with Gasteiger partial charge in [-0.3, -0.25) is 4.79 Å². The zero-order valence-corrected chi connectivity index (χ0v) is 20.1. The fourth-order valence-corrected chi connectivity index (χ4v) is 3.17. The van der Waals surface area contributed by atoms with Gasteiger partial charge in [0.1, 0.15) is 5.75 Å². The molecule has 3 aromatic carbocycles. The lowest BCUT2D eigenvalue weighted by molar-refractivity contribution is -0.127.